The zero-order chi connectivity index (χ0) is 19.2. The van der Waals surface area contributed by atoms with Gasteiger partial charge >= 0.3 is 0 Å². The molecule has 0 radical (unpaired) electrons. The van der Waals surface area contributed by atoms with Crippen LogP contribution in [0, 0.1) is 19.8 Å². The van der Waals surface area contributed by atoms with Crippen molar-refractivity contribution in [1.82, 2.24) is 20.4 Å². The predicted molar refractivity (Wildman–Crippen MR) is 109 cm³/mol. The predicted octanol–water partition coefficient (Wildman–Crippen LogP) is 2.69. The Bertz CT molecular complexity index is 758. The van der Waals surface area contributed by atoms with E-state index in [9.17, 15) is 0 Å². The second-order valence-electron chi connectivity index (χ2n) is 7.37. The van der Waals surface area contributed by atoms with E-state index >= 15 is 0 Å². The van der Waals surface area contributed by atoms with E-state index in [0.717, 1.165) is 50.0 Å². The first-order valence-electron chi connectivity index (χ1n) is 9.83. The maximum absolute atomic E-state index is 6.00. The molecule has 1 aliphatic heterocycles. The van der Waals surface area contributed by atoms with Gasteiger partial charge in [0.1, 0.15) is 11.9 Å². The van der Waals surface area contributed by atoms with Crippen LogP contribution >= 0.6 is 0 Å². The fraction of sp³-hybridized carbons (Fsp3) is 0.524. The maximum atomic E-state index is 6.00. The third-order valence-electron chi connectivity index (χ3n) is 4.70. The summed E-state index contributed by atoms with van der Waals surface area (Å²) in [5, 5.41) is 11.3. The molecule has 0 amide bonds. The first-order valence-corrected chi connectivity index (χ1v) is 9.83. The Labute approximate surface area is 162 Å². The number of para-hydroxylation sites is 1. The van der Waals surface area contributed by atoms with Gasteiger partial charge in [0.2, 0.25) is 0 Å². The largest absolute Gasteiger partial charge is 0.488 e. The Morgan fingerprint density at radius 2 is 2.15 bits per heavy atom. The third kappa shape index (κ3) is 5.25. The van der Waals surface area contributed by atoms with E-state index in [-0.39, 0.29) is 6.10 Å². The average Bonchev–Trinajstić information content (AvgIpc) is 3.19. The lowest BCUT2D eigenvalue weighted by molar-refractivity contribution is 0.235. The summed E-state index contributed by atoms with van der Waals surface area (Å²) in [6, 6.07) is 10.4. The topological polar surface area (TPSA) is 63.5 Å². The van der Waals surface area contributed by atoms with Crippen LogP contribution in [-0.2, 0) is 13.0 Å². The van der Waals surface area contributed by atoms with Gasteiger partial charge in [0.05, 0.1) is 12.2 Å². The Morgan fingerprint density at radius 1 is 1.33 bits per heavy atom. The standard InChI is InChI=1S/C21H31N5O/c1-5-22-21(23-12-15(2)14-26-17(4)10-16(3)25-26)24-13-19-11-18-8-6-7-9-20(18)27-19/h6-10,15,19H,5,11-14H2,1-4H3,(H2,22,23,24). The van der Waals surface area contributed by atoms with Crippen LogP contribution in [-0.4, -0.2) is 41.5 Å². The summed E-state index contributed by atoms with van der Waals surface area (Å²) in [6.45, 7) is 11.6. The van der Waals surface area contributed by atoms with E-state index in [2.05, 4.69) is 59.4 Å². The number of nitrogens with one attached hydrogen (secondary N) is 2. The normalized spacial score (nSPS) is 17.3. The van der Waals surface area contributed by atoms with Crippen LogP contribution in [0.1, 0.15) is 30.8 Å². The van der Waals surface area contributed by atoms with Crippen molar-refractivity contribution in [2.24, 2.45) is 10.9 Å². The summed E-state index contributed by atoms with van der Waals surface area (Å²) in [6.07, 6.45) is 1.09. The molecule has 0 fully saturated rings. The molecular formula is C21H31N5O. The zero-order valence-corrected chi connectivity index (χ0v) is 16.8. The summed E-state index contributed by atoms with van der Waals surface area (Å²) in [5.41, 5.74) is 3.55. The highest BCUT2D eigenvalue weighted by molar-refractivity contribution is 5.79. The third-order valence-corrected chi connectivity index (χ3v) is 4.70. The van der Waals surface area contributed by atoms with Crippen molar-refractivity contribution >= 4 is 5.96 Å². The molecule has 2 heterocycles. The van der Waals surface area contributed by atoms with E-state index in [1.807, 2.05) is 19.1 Å². The Hall–Kier alpha value is -2.50. The summed E-state index contributed by atoms with van der Waals surface area (Å²) in [4.78, 5) is 4.75. The maximum Gasteiger partial charge on any atom is 0.191 e. The Kier molecular flexibility index (Phi) is 6.37. The summed E-state index contributed by atoms with van der Waals surface area (Å²) in [7, 11) is 0. The number of rotatable bonds is 7. The van der Waals surface area contributed by atoms with Crippen molar-refractivity contribution in [3.05, 3.63) is 47.3 Å². The van der Waals surface area contributed by atoms with Crippen molar-refractivity contribution in [3.63, 3.8) is 0 Å². The molecule has 3 rings (SSSR count). The van der Waals surface area contributed by atoms with E-state index in [0.29, 0.717) is 5.92 Å². The second kappa shape index (κ2) is 8.93. The minimum Gasteiger partial charge on any atom is -0.488 e. The molecule has 0 saturated carbocycles. The molecule has 2 unspecified atom stereocenters. The molecule has 0 aliphatic carbocycles. The van der Waals surface area contributed by atoms with Gasteiger partial charge in [0, 0.05) is 31.7 Å². The van der Waals surface area contributed by atoms with E-state index in [4.69, 9.17) is 9.73 Å². The average molecular weight is 370 g/mol. The number of aliphatic imine (C=N–C) groups is 1. The van der Waals surface area contributed by atoms with E-state index in [1.165, 1.54) is 11.3 Å². The molecule has 146 valence electrons. The molecule has 2 aromatic rings. The van der Waals surface area contributed by atoms with Gasteiger partial charge in [-0.2, -0.15) is 5.10 Å². The van der Waals surface area contributed by atoms with Crippen molar-refractivity contribution < 1.29 is 4.74 Å². The first kappa shape index (κ1) is 19.3. The number of guanidine groups is 1. The van der Waals surface area contributed by atoms with Crippen molar-refractivity contribution in [3.8, 4) is 5.75 Å². The lowest BCUT2D eigenvalue weighted by Crippen LogP contribution is -2.42. The van der Waals surface area contributed by atoms with Crippen LogP contribution in [0.3, 0.4) is 0 Å². The molecule has 0 saturated heterocycles. The zero-order valence-electron chi connectivity index (χ0n) is 16.8. The number of aromatic nitrogens is 2. The van der Waals surface area contributed by atoms with Gasteiger partial charge in [-0.05, 0) is 44.4 Å². The highest BCUT2D eigenvalue weighted by Gasteiger charge is 2.22. The van der Waals surface area contributed by atoms with Gasteiger partial charge in [0.15, 0.2) is 5.96 Å². The van der Waals surface area contributed by atoms with E-state index in [1.54, 1.807) is 0 Å². The van der Waals surface area contributed by atoms with Crippen molar-refractivity contribution in [2.45, 2.75) is 46.8 Å². The van der Waals surface area contributed by atoms with Gasteiger partial charge < -0.3 is 15.4 Å². The van der Waals surface area contributed by atoms with Gasteiger partial charge in [0.25, 0.3) is 0 Å². The van der Waals surface area contributed by atoms with Crippen molar-refractivity contribution in [2.75, 3.05) is 19.6 Å². The molecular weight excluding hydrogens is 338 g/mol. The number of hydrogen-bond acceptors (Lipinski definition) is 3. The molecule has 2 N–H and O–H groups in total. The molecule has 1 aliphatic rings. The molecule has 1 aromatic carbocycles. The van der Waals surface area contributed by atoms with Crippen LogP contribution in [0.15, 0.2) is 35.3 Å². The van der Waals surface area contributed by atoms with Crippen LogP contribution in [0.2, 0.25) is 0 Å². The van der Waals surface area contributed by atoms with E-state index < -0.39 is 0 Å². The number of hydrogen-bond donors (Lipinski definition) is 2. The SMILES string of the molecule is CCNC(=NCC(C)Cn1nc(C)cc1C)NCC1Cc2ccccc2O1. The minimum atomic E-state index is 0.151. The van der Waals surface area contributed by atoms with Crippen LogP contribution in [0.25, 0.3) is 0 Å². The Balaban J connectivity index is 1.50. The molecule has 0 bridgehead atoms. The lowest BCUT2D eigenvalue weighted by Gasteiger charge is -2.16. The van der Waals surface area contributed by atoms with Gasteiger partial charge in [-0.15, -0.1) is 0 Å². The fourth-order valence-corrected chi connectivity index (χ4v) is 3.38. The number of fused-ring (bicyclic) bond motifs is 1. The highest BCUT2D eigenvalue weighted by Crippen LogP contribution is 2.27. The summed E-state index contributed by atoms with van der Waals surface area (Å²) < 4.78 is 8.07. The second-order valence-corrected chi connectivity index (χ2v) is 7.37. The minimum absolute atomic E-state index is 0.151. The number of benzene rings is 1. The fourth-order valence-electron chi connectivity index (χ4n) is 3.38. The first-order chi connectivity index (χ1) is 13.0. The van der Waals surface area contributed by atoms with Crippen LogP contribution in [0.4, 0.5) is 0 Å². The quantitative estimate of drug-likeness (QED) is 0.582. The lowest BCUT2D eigenvalue weighted by atomic mass is 10.1. The highest BCUT2D eigenvalue weighted by atomic mass is 16.5. The number of ether oxygens (including phenoxy) is 1. The number of nitrogens with zero attached hydrogens (tertiary/aromatic N) is 3. The van der Waals surface area contributed by atoms with Crippen LogP contribution in [0.5, 0.6) is 5.75 Å². The Morgan fingerprint density at radius 3 is 2.85 bits per heavy atom. The van der Waals surface area contributed by atoms with Crippen molar-refractivity contribution in [1.29, 1.82) is 0 Å². The molecule has 6 heteroatoms. The summed E-state index contributed by atoms with van der Waals surface area (Å²) >= 11 is 0. The number of aryl methyl sites for hydroxylation is 2. The molecule has 27 heavy (non-hydrogen) atoms. The van der Waals surface area contributed by atoms with Gasteiger partial charge in [-0.1, -0.05) is 25.1 Å². The molecule has 2 atom stereocenters. The monoisotopic (exact) mass is 369 g/mol. The van der Waals surface area contributed by atoms with Crippen LogP contribution < -0.4 is 15.4 Å². The molecule has 0 spiro atoms. The van der Waals surface area contributed by atoms with Gasteiger partial charge in [-0.25, -0.2) is 0 Å². The van der Waals surface area contributed by atoms with Gasteiger partial charge in [-0.3, -0.25) is 9.67 Å². The molecule has 1 aromatic heterocycles. The smallest absolute Gasteiger partial charge is 0.191 e. The summed E-state index contributed by atoms with van der Waals surface area (Å²) in [5.74, 6) is 2.26. The molecule has 6 nitrogen and oxygen atoms in total.